The van der Waals surface area contributed by atoms with Crippen molar-refractivity contribution in [3.05, 3.63) is 77.7 Å². The number of aliphatic hydroxyl groups excluding tert-OH is 1. The first kappa shape index (κ1) is 26.6. The van der Waals surface area contributed by atoms with Crippen molar-refractivity contribution in [3.8, 4) is 11.5 Å². The van der Waals surface area contributed by atoms with E-state index in [4.69, 9.17) is 9.47 Å². The minimum Gasteiger partial charge on any atom is -0.495 e. The molecule has 6 nitrogen and oxygen atoms in total. The van der Waals surface area contributed by atoms with Crippen LogP contribution in [0.1, 0.15) is 23.1 Å². The number of nitrogens with zero attached hydrogens (tertiary/aromatic N) is 1. The van der Waals surface area contributed by atoms with Crippen molar-refractivity contribution >= 4 is 0 Å². The van der Waals surface area contributed by atoms with Gasteiger partial charge in [0.15, 0.2) is 11.2 Å². The maximum atomic E-state index is 13.4. The van der Waals surface area contributed by atoms with E-state index < -0.39 is 53.9 Å². The van der Waals surface area contributed by atoms with E-state index in [0.717, 1.165) is 12.1 Å². The van der Waals surface area contributed by atoms with Crippen LogP contribution in [-0.4, -0.2) is 47.9 Å². The molecule has 2 heterocycles. The molecular weight excluding hydrogens is 511 g/mol. The lowest BCUT2D eigenvalue weighted by atomic mass is 9.67. The Kier molecular flexibility index (Phi) is 6.73. The number of fused-ring (bicyclic) bond motifs is 3. The lowest BCUT2D eigenvalue weighted by Gasteiger charge is -2.43. The van der Waals surface area contributed by atoms with Crippen LogP contribution in [0.4, 0.5) is 22.0 Å². The zero-order valence-corrected chi connectivity index (χ0v) is 20.3. The molecule has 1 saturated carbocycles. The number of benzene rings is 1. The zero-order chi connectivity index (χ0) is 27.3. The Labute approximate surface area is 215 Å². The molecule has 0 amide bonds. The number of hydrogen-bond acceptors (Lipinski definition) is 6. The summed E-state index contributed by atoms with van der Waals surface area (Å²) in [5, 5.41) is 27.0. The standard InChI is InChI=1S/C27H27F5N2O4/c1-37-19-12-34-13-20-23(19)25(36)24(35)18(11-33-14-21(28)29)22(15-5-3-2-4-6-15)26(25,38-20)16-7-9-17(10-8-16)27(30,31)32/h2-5,7-10,12-13,15,18,21-22,24,33,35-36H,6,11,14H2,1H3/t15?,18-,22-,24-,25+,26+/m1/s1. The number of allylic oxidation sites excluding steroid dienone is 4. The molecule has 0 radical (unpaired) electrons. The largest absolute Gasteiger partial charge is 0.495 e. The Morgan fingerprint density at radius 2 is 1.92 bits per heavy atom. The van der Waals surface area contributed by atoms with E-state index in [0.29, 0.717) is 6.42 Å². The zero-order valence-electron chi connectivity index (χ0n) is 20.3. The number of halogens is 5. The maximum Gasteiger partial charge on any atom is 0.416 e. The van der Waals surface area contributed by atoms with Crippen molar-refractivity contribution in [2.24, 2.45) is 17.8 Å². The Morgan fingerprint density at radius 1 is 1.18 bits per heavy atom. The first-order valence-electron chi connectivity index (χ1n) is 12.2. The molecule has 0 saturated heterocycles. The van der Waals surface area contributed by atoms with Crippen LogP contribution in [0.5, 0.6) is 11.5 Å². The molecule has 11 heteroatoms. The number of ether oxygens (including phenoxy) is 2. The highest BCUT2D eigenvalue weighted by atomic mass is 19.4. The fourth-order valence-corrected chi connectivity index (χ4v) is 6.43. The minimum absolute atomic E-state index is 0.0962. The average molecular weight is 539 g/mol. The maximum absolute atomic E-state index is 13.4. The fourth-order valence-electron chi connectivity index (χ4n) is 6.43. The third kappa shape index (κ3) is 3.90. The van der Waals surface area contributed by atoms with Gasteiger partial charge < -0.3 is 25.0 Å². The Balaban J connectivity index is 1.74. The lowest BCUT2D eigenvalue weighted by Crippen LogP contribution is -2.53. The Hall–Kier alpha value is -3.02. The number of aromatic nitrogens is 1. The summed E-state index contributed by atoms with van der Waals surface area (Å²) in [5.41, 5.74) is -4.56. The Bertz CT molecular complexity index is 1230. The fraction of sp³-hybridized carbons (Fsp3) is 0.444. The first-order valence-corrected chi connectivity index (χ1v) is 12.2. The van der Waals surface area contributed by atoms with E-state index in [1.165, 1.54) is 31.6 Å². The van der Waals surface area contributed by atoms with Crippen LogP contribution in [0.2, 0.25) is 0 Å². The number of hydrogen-bond donors (Lipinski definition) is 3. The highest BCUT2D eigenvalue weighted by Crippen LogP contribution is 2.68. The van der Waals surface area contributed by atoms with Gasteiger partial charge in [-0.05, 0) is 30.0 Å². The van der Waals surface area contributed by atoms with Gasteiger partial charge in [-0.3, -0.25) is 4.98 Å². The number of rotatable bonds is 7. The smallest absolute Gasteiger partial charge is 0.416 e. The first-order chi connectivity index (χ1) is 18.1. The number of pyridine rings is 1. The topological polar surface area (TPSA) is 83.8 Å². The van der Waals surface area contributed by atoms with Gasteiger partial charge in [-0.25, -0.2) is 8.78 Å². The molecule has 1 unspecified atom stereocenters. The van der Waals surface area contributed by atoms with E-state index in [2.05, 4.69) is 10.3 Å². The molecule has 38 heavy (non-hydrogen) atoms. The summed E-state index contributed by atoms with van der Waals surface area (Å²) in [6, 6.07) is 4.26. The van der Waals surface area contributed by atoms with Crippen molar-refractivity contribution in [1.82, 2.24) is 10.3 Å². The molecule has 6 atom stereocenters. The molecule has 5 rings (SSSR count). The van der Waals surface area contributed by atoms with Crippen LogP contribution in [0.15, 0.2) is 61.0 Å². The summed E-state index contributed by atoms with van der Waals surface area (Å²) in [6.07, 6.45) is 1.78. The highest BCUT2D eigenvalue weighted by molar-refractivity contribution is 5.57. The molecule has 2 aromatic rings. The summed E-state index contributed by atoms with van der Waals surface area (Å²) in [7, 11) is 1.36. The third-order valence-corrected chi connectivity index (χ3v) is 7.87. The minimum atomic E-state index is -4.59. The van der Waals surface area contributed by atoms with Gasteiger partial charge in [-0.1, -0.05) is 36.4 Å². The van der Waals surface area contributed by atoms with Gasteiger partial charge in [0, 0.05) is 18.4 Å². The van der Waals surface area contributed by atoms with Crippen LogP contribution in [0.25, 0.3) is 0 Å². The van der Waals surface area contributed by atoms with Crippen molar-refractivity contribution in [1.29, 1.82) is 0 Å². The molecule has 204 valence electrons. The second kappa shape index (κ2) is 9.62. The van der Waals surface area contributed by atoms with Crippen molar-refractivity contribution in [3.63, 3.8) is 0 Å². The number of methoxy groups -OCH3 is 1. The van der Waals surface area contributed by atoms with E-state index in [-0.39, 0.29) is 35.1 Å². The highest BCUT2D eigenvalue weighted by Gasteiger charge is 2.77. The molecule has 3 N–H and O–H groups in total. The van der Waals surface area contributed by atoms with Gasteiger partial charge in [0.25, 0.3) is 6.43 Å². The molecule has 1 aromatic carbocycles. The van der Waals surface area contributed by atoms with Gasteiger partial charge in [0.1, 0.15) is 11.5 Å². The van der Waals surface area contributed by atoms with E-state index in [1.54, 1.807) is 6.08 Å². The van der Waals surface area contributed by atoms with Crippen molar-refractivity contribution in [2.45, 2.75) is 36.3 Å². The average Bonchev–Trinajstić information content (AvgIpc) is 3.27. The van der Waals surface area contributed by atoms with Crippen LogP contribution in [0, 0.1) is 17.8 Å². The molecule has 0 spiro atoms. The molecule has 1 aromatic heterocycles. The summed E-state index contributed by atoms with van der Waals surface area (Å²) in [6.45, 7) is -0.728. The molecular formula is C27H27F5N2O4. The van der Waals surface area contributed by atoms with Gasteiger partial charge >= 0.3 is 6.18 Å². The third-order valence-electron chi connectivity index (χ3n) is 7.87. The lowest BCUT2D eigenvalue weighted by molar-refractivity contribution is -0.161. The Morgan fingerprint density at radius 3 is 2.53 bits per heavy atom. The quantitative estimate of drug-likeness (QED) is 0.459. The SMILES string of the molecule is COc1cncc2c1[C@]1(O)[C@H](O)[C@H](CNCC(F)F)[C@@H](C3C=CC=CC3)[C@]1(c1ccc(C(F)(F)F)cc1)O2. The predicted octanol–water partition coefficient (Wildman–Crippen LogP) is 4.18. The molecule has 1 fully saturated rings. The molecule has 3 aliphatic rings. The van der Waals surface area contributed by atoms with Gasteiger partial charge in [-0.15, -0.1) is 0 Å². The van der Waals surface area contributed by atoms with Crippen LogP contribution in [-0.2, 0) is 17.4 Å². The second-order valence-electron chi connectivity index (χ2n) is 9.79. The number of alkyl halides is 5. The number of aliphatic hydroxyl groups is 2. The van der Waals surface area contributed by atoms with E-state index in [9.17, 15) is 32.2 Å². The molecule has 2 aliphatic carbocycles. The predicted molar refractivity (Wildman–Crippen MR) is 127 cm³/mol. The summed E-state index contributed by atoms with van der Waals surface area (Å²) in [5.74, 6) is -1.68. The summed E-state index contributed by atoms with van der Waals surface area (Å²) < 4.78 is 78.2. The van der Waals surface area contributed by atoms with Gasteiger partial charge in [-0.2, -0.15) is 13.2 Å². The van der Waals surface area contributed by atoms with E-state index >= 15 is 0 Å². The van der Waals surface area contributed by atoms with Gasteiger partial charge in [0.2, 0.25) is 0 Å². The monoisotopic (exact) mass is 538 g/mol. The molecule has 0 bridgehead atoms. The summed E-state index contributed by atoms with van der Waals surface area (Å²) in [4.78, 5) is 4.09. The second-order valence-corrected chi connectivity index (χ2v) is 9.79. The van der Waals surface area contributed by atoms with Crippen LogP contribution in [0.3, 0.4) is 0 Å². The normalized spacial score (nSPS) is 31.8. The van der Waals surface area contributed by atoms with Crippen LogP contribution < -0.4 is 14.8 Å². The number of nitrogens with one attached hydrogen (secondary N) is 1. The van der Waals surface area contributed by atoms with Crippen LogP contribution >= 0.6 is 0 Å². The molecule has 1 aliphatic heterocycles. The van der Waals surface area contributed by atoms with E-state index in [1.807, 2.05) is 18.2 Å². The summed E-state index contributed by atoms with van der Waals surface area (Å²) >= 11 is 0. The van der Waals surface area contributed by atoms with Gasteiger partial charge in [0.05, 0.1) is 43.3 Å². The van der Waals surface area contributed by atoms with Crippen molar-refractivity contribution < 1.29 is 41.6 Å². The van der Waals surface area contributed by atoms with Crippen molar-refractivity contribution in [2.75, 3.05) is 20.2 Å².